The molecule has 0 aromatic carbocycles. The lowest BCUT2D eigenvalue weighted by Gasteiger charge is -2.28. The molecule has 1 aliphatic rings. The summed E-state index contributed by atoms with van der Waals surface area (Å²) in [7, 11) is 0. The van der Waals surface area contributed by atoms with Crippen molar-refractivity contribution in [3.63, 3.8) is 0 Å². The summed E-state index contributed by atoms with van der Waals surface area (Å²) in [5.41, 5.74) is 0. The Morgan fingerprint density at radius 1 is 1.43 bits per heavy atom. The predicted molar refractivity (Wildman–Crippen MR) is 60.2 cm³/mol. The fraction of sp³-hybridized carbons (Fsp3) is 0.923. The number of hydrogen-bond donors (Lipinski definition) is 0. The molecule has 14 heavy (non-hydrogen) atoms. The van der Waals surface area contributed by atoms with Gasteiger partial charge in [-0.05, 0) is 31.1 Å². The lowest BCUT2D eigenvalue weighted by atomic mass is 9.75. The van der Waals surface area contributed by atoms with Gasteiger partial charge in [-0.2, -0.15) is 0 Å². The van der Waals surface area contributed by atoms with Crippen LogP contribution in [-0.2, 0) is 4.79 Å². The molecule has 82 valence electrons. The van der Waals surface area contributed by atoms with E-state index in [1.54, 1.807) is 0 Å². The smallest absolute Gasteiger partial charge is 0.136 e. The first-order valence-corrected chi connectivity index (χ1v) is 6.16. The van der Waals surface area contributed by atoms with Crippen molar-refractivity contribution in [3.8, 4) is 0 Å². The van der Waals surface area contributed by atoms with Crippen LogP contribution in [0.3, 0.4) is 0 Å². The SMILES string of the molecule is CCCC1CCC(=O)C(CC(C)C)C1. The molecule has 0 saturated heterocycles. The van der Waals surface area contributed by atoms with Crippen molar-refractivity contribution in [1.82, 2.24) is 0 Å². The molecule has 1 fully saturated rings. The molecule has 2 unspecified atom stereocenters. The number of hydrogen-bond acceptors (Lipinski definition) is 1. The maximum absolute atomic E-state index is 11.7. The molecule has 0 aromatic rings. The molecule has 0 bridgehead atoms. The summed E-state index contributed by atoms with van der Waals surface area (Å²) in [6.07, 6.45) is 6.88. The van der Waals surface area contributed by atoms with E-state index in [1.165, 1.54) is 19.3 Å². The van der Waals surface area contributed by atoms with E-state index in [-0.39, 0.29) is 0 Å². The second kappa shape index (κ2) is 5.53. The van der Waals surface area contributed by atoms with Crippen molar-refractivity contribution in [3.05, 3.63) is 0 Å². The number of rotatable bonds is 4. The molecule has 0 N–H and O–H groups in total. The first-order valence-electron chi connectivity index (χ1n) is 6.16. The van der Waals surface area contributed by atoms with Crippen molar-refractivity contribution in [2.45, 2.75) is 59.3 Å². The topological polar surface area (TPSA) is 17.1 Å². The third kappa shape index (κ3) is 3.43. The van der Waals surface area contributed by atoms with Gasteiger partial charge in [0.05, 0.1) is 0 Å². The summed E-state index contributed by atoms with van der Waals surface area (Å²) in [6, 6.07) is 0. The van der Waals surface area contributed by atoms with Crippen LogP contribution < -0.4 is 0 Å². The number of carbonyl (C=O) groups excluding carboxylic acids is 1. The van der Waals surface area contributed by atoms with E-state index in [2.05, 4.69) is 20.8 Å². The zero-order valence-corrected chi connectivity index (χ0v) is 9.88. The standard InChI is InChI=1S/C13H24O/c1-4-5-11-6-7-13(14)12(9-11)8-10(2)3/h10-12H,4-9H2,1-3H3. The van der Waals surface area contributed by atoms with Crippen molar-refractivity contribution < 1.29 is 4.79 Å². The van der Waals surface area contributed by atoms with Gasteiger partial charge in [-0.3, -0.25) is 4.79 Å². The molecule has 2 atom stereocenters. The van der Waals surface area contributed by atoms with Gasteiger partial charge in [0, 0.05) is 12.3 Å². The number of carbonyl (C=O) groups is 1. The van der Waals surface area contributed by atoms with Crippen LogP contribution in [0.2, 0.25) is 0 Å². The van der Waals surface area contributed by atoms with E-state index >= 15 is 0 Å². The Morgan fingerprint density at radius 2 is 2.14 bits per heavy atom. The molecule has 0 heterocycles. The van der Waals surface area contributed by atoms with Crippen molar-refractivity contribution in [2.24, 2.45) is 17.8 Å². The molecule has 0 radical (unpaired) electrons. The minimum Gasteiger partial charge on any atom is -0.299 e. The molecule has 1 nitrogen and oxygen atoms in total. The fourth-order valence-electron chi connectivity index (χ4n) is 2.67. The van der Waals surface area contributed by atoms with Crippen molar-refractivity contribution >= 4 is 5.78 Å². The Balaban J connectivity index is 2.42. The van der Waals surface area contributed by atoms with Crippen LogP contribution in [0.1, 0.15) is 59.3 Å². The summed E-state index contributed by atoms with van der Waals surface area (Å²) in [5, 5.41) is 0. The van der Waals surface area contributed by atoms with Crippen LogP contribution >= 0.6 is 0 Å². The summed E-state index contributed by atoms with van der Waals surface area (Å²) in [5.74, 6) is 2.43. The quantitative estimate of drug-likeness (QED) is 0.668. The second-order valence-corrected chi connectivity index (χ2v) is 5.22. The zero-order chi connectivity index (χ0) is 10.6. The molecule has 1 saturated carbocycles. The van der Waals surface area contributed by atoms with Gasteiger partial charge in [-0.15, -0.1) is 0 Å². The van der Waals surface area contributed by atoms with Crippen LogP contribution in [0.15, 0.2) is 0 Å². The van der Waals surface area contributed by atoms with Crippen molar-refractivity contribution in [2.75, 3.05) is 0 Å². The second-order valence-electron chi connectivity index (χ2n) is 5.22. The lowest BCUT2D eigenvalue weighted by Crippen LogP contribution is -2.26. The Labute approximate surface area is 88.3 Å². The third-order valence-corrected chi connectivity index (χ3v) is 3.33. The summed E-state index contributed by atoms with van der Waals surface area (Å²) < 4.78 is 0. The number of Topliss-reactive ketones (excluding diaryl/α,β-unsaturated/α-hetero) is 1. The van der Waals surface area contributed by atoms with Gasteiger partial charge in [0.15, 0.2) is 0 Å². The monoisotopic (exact) mass is 196 g/mol. The molecule has 0 spiro atoms. The van der Waals surface area contributed by atoms with E-state index < -0.39 is 0 Å². The van der Waals surface area contributed by atoms with Gasteiger partial charge in [0.1, 0.15) is 5.78 Å². The minimum atomic E-state index is 0.389. The van der Waals surface area contributed by atoms with Gasteiger partial charge < -0.3 is 0 Å². The normalized spacial score (nSPS) is 28.4. The van der Waals surface area contributed by atoms with E-state index in [4.69, 9.17) is 0 Å². The Hall–Kier alpha value is -0.330. The first-order chi connectivity index (χ1) is 6.63. The van der Waals surface area contributed by atoms with Crippen LogP contribution in [0.25, 0.3) is 0 Å². The molecular weight excluding hydrogens is 172 g/mol. The zero-order valence-electron chi connectivity index (χ0n) is 9.88. The van der Waals surface area contributed by atoms with Gasteiger partial charge >= 0.3 is 0 Å². The van der Waals surface area contributed by atoms with Crippen LogP contribution in [0, 0.1) is 17.8 Å². The maximum atomic E-state index is 11.7. The fourth-order valence-corrected chi connectivity index (χ4v) is 2.67. The Morgan fingerprint density at radius 3 is 2.71 bits per heavy atom. The first kappa shape index (κ1) is 11.7. The van der Waals surface area contributed by atoms with E-state index in [9.17, 15) is 4.79 Å². The van der Waals surface area contributed by atoms with Crippen LogP contribution in [0.4, 0.5) is 0 Å². The maximum Gasteiger partial charge on any atom is 0.136 e. The molecule has 1 rings (SSSR count). The molecule has 0 aliphatic heterocycles. The van der Waals surface area contributed by atoms with E-state index in [1.807, 2.05) is 0 Å². The lowest BCUT2D eigenvalue weighted by molar-refractivity contribution is -0.126. The predicted octanol–water partition coefficient (Wildman–Crippen LogP) is 3.82. The molecule has 0 amide bonds. The van der Waals surface area contributed by atoms with Gasteiger partial charge in [-0.25, -0.2) is 0 Å². The Kier molecular flexibility index (Phi) is 4.64. The van der Waals surface area contributed by atoms with E-state index in [0.29, 0.717) is 17.6 Å². The molecule has 0 aromatic heterocycles. The van der Waals surface area contributed by atoms with Gasteiger partial charge in [0.2, 0.25) is 0 Å². The average molecular weight is 196 g/mol. The van der Waals surface area contributed by atoms with Gasteiger partial charge in [-0.1, -0.05) is 33.6 Å². The highest BCUT2D eigenvalue weighted by molar-refractivity contribution is 5.81. The molecular formula is C13H24O. The largest absolute Gasteiger partial charge is 0.299 e. The van der Waals surface area contributed by atoms with Gasteiger partial charge in [0.25, 0.3) is 0 Å². The molecule has 1 aliphatic carbocycles. The summed E-state index contributed by atoms with van der Waals surface area (Å²) in [6.45, 7) is 6.68. The molecule has 1 heteroatoms. The summed E-state index contributed by atoms with van der Waals surface area (Å²) >= 11 is 0. The Bertz CT molecular complexity index is 184. The summed E-state index contributed by atoms with van der Waals surface area (Å²) in [4.78, 5) is 11.7. The highest BCUT2D eigenvalue weighted by Gasteiger charge is 2.28. The van der Waals surface area contributed by atoms with E-state index in [0.717, 1.165) is 25.2 Å². The average Bonchev–Trinajstić information content (AvgIpc) is 2.10. The minimum absolute atomic E-state index is 0.389. The third-order valence-electron chi connectivity index (χ3n) is 3.33. The van der Waals surface area contributed by atoms with Crippen LogP contribution in [-0.4, -0.2) is 5.78 Å². The highest BCUT2D eigenvalue weighted by atomic mass is 16.1. The highest BCUT2D eigenvalue weighted by Crippen LogP contribution is 2.32. The number of ketones is 1. The van der Waals surface area contributed by atoms with Crippen LogP contribution in [0.5, 0.6) is 0 Å². The van der Waals surface area contributed by atoms with Crippen molar-refractivity contribution in [1.29, 1.82) is 0 Å².